The third-order valence-electron chi connectivity index (χ3n) is 4.45. The monoisotopic (exact) mass is 534 g/mol. The number of halogens is 2. The molecule has 0 saturated heterocycles. The Labute approximate surface area is 201 Å². The summed E-state index contributed by atoms with van der Waals surface area (Å²) in [5.41, 5.74) is 1.86. The van der Waals surface area contributed by atoms with Crippen molar-refractivity contribution in [2.24, 2.45) is 0 Å². The fourth-order valence-corrected chi connectivity index (χ4v) is 4.44. The van der Waals surface area contributed by atoms with E-state index >= 15 is 0 Å². The molecule has 3 aromatic rings. The van der Waals surface area contributed by atoms with Crippen LogP contribution in [0.4, 0.5) is 11.4 Å². The van der Waals surface area contributed by atoms with Gasteiger partial charge in [0.1, 0.15) is 5.02 Å². The number of nitro benzene ring substituents is 2. The molecule has 0 bridgehead atoms. The molecule has 0 aromatic heterocycles. The quantitative estimate of drug-likeness (QED) is 0.243. The van der Waals surface area contributed by atoms with E-state index in [1.54, 1.807) is 36.0 Å². The summed E-state index contributed by atoms with van der Waals surface area (Å²) >= 11 is 11.0. The Morgan fingerprint density at radius 1 is 0.969 bits per heavy atom. The molecule has 0 fully saturated rings. The van der Waals surface area contributed by atoms with Crippen molar-refractivity contribution in [3.63, 3.8) is 0 Å². The van der Waals surface area contributed by atoms with Crippen LogP contribution in [0, 0.1) is 20.2 Å². The second kappa shape index (κ2) is 10.6. The lowest BCUT2D eigenvalue weighted by Gasteiger charge is -2.10. The summed E-state index contributed by atoms with van der Waals surface area (Å²) in [7, 11) is 0. The highest BCUT2D eigenvalue weighted by atomic mass is 79.9. The van der Waals surface area contributed by atoms with Crippen LogP contribution in [0.5, 0.6) is 5.75 Å². The van der Waals surface area contributed by atoms with E-state index in [1.807, 2.05) is 24.3 Å². The first kappa shape index (κ1) is 23.8. The highest BCUT2D eigenvalue weighted by Gasteiger charge is 2.15. The molecule has 10 heteroatoms. The first-order chi connectivity index (χ1) is 15.2. The van der Waals surface area contributed by atoms with Crippen LogP contribution >= 0.6 is 39.3 Å². The van der Waals surface area contributed by atoms with Gasteiger partial charge in [-0.1, -0.05) is 51.8 Å². The first-order valence-corrected chi connectivity index (χ1v) is 11.4. The highest BCUT2D eigenvalue weighted by molar-refractivity contribution is 9.10. The molecule has 0 aliphatic rings. The number of hydrogen-bond acceptors (Lipinski definition) is 6. The average Bonchev–Trinajstić information content (AvgIpc) is 2.74. The zero-order chi connectivity index (χ0) is 23.3. The van der Waals surface area contributed by atoms with Gasteiger partial charge in [0.25, 0.3) is 5.69 Å². The van der Waals surface area contributed by atoms with Crippen molar-refractivity contribution in [3.8, 4) is 5.75 Å². The van der Waals surface area contributed by atoms with Crippen LogP contribution in [0.3, 0.4) is 0 Å². The molecular weight excluding hydrogens is 520 g/mol. The molecule has 32 heavy (non-hydrogen) atoms. The van der Waals surface area contributed by atoms with E-state index in [2.05, 4.69) is 15.9 Å². The number of hydrogen-bond donors (Lipinski definition) is 1. The van der Waals surface area contributed by atoms with Crippen LogP contribution in [0.25, 0.3) is 6.08 Å². The molecule has 0 spiro atoms. The molecule has 0 radical (unpaired) electrons. The summed E-state index contributed by atoms with van der Waals surface area (Å²) in [5, 5.41) is 31.9. The van der Waals surface area contributed by atoms with Crippen molar-refractivity contribution in [2.45, 2.75) is 12.2 Å². The summed E-state index contributed by atoms with van der Waals surface area (Å²) in [6.07, 6.45) is 2.22. The number of nitro groups is 2. The standard InChI is InChI=1S/C22H16BrClN2O5S/c23-17-5-1-14(2-6-17)13-32-18(9-15-3-7-20(25(28)29)19(24)11-15)10-16-4-8-22(27)21(12-16)26(30)31/h1-8,10-12,27H,9,13H2/b18-10+. The number of phenolic OH excluding ortho intramolecular Hbond substituents is 1. The molecule has 7 nitrogen and oxygen atoms in total. The number of allylic oxidation sites excluding steroid dienone is 1. The number of nitrogens with zero attached hydrogens (tertiary/aromatic N) is 2. The number of aromatic hydroxyl groups is 1. The van der Waals surface area contributed by atoms with Crippen molar-refractivity contribution >= 4 is 56.7 Å². The molecule has 164 valence electrons. The Bertz CT molecular complexity index is 1200. The van der Waals surface area contributed by atoms with Gasteiger partial charge >= 0.3 is 5.69 Å². The van der Waals surface area contributed by atoms with E-state index < -0.39 is 15.6 Å². The van der Waals surface area contributed by atoms with Crippen LogP contribution in [0.2, 0.25) is 5.02 Å². The van der Waals surface area contributed by atoms with Crippen LogP contribution in [-0.4, -0.2) is 15.0 Å². The molecule has 0 saturated carbocycles. The van der Waals surface area contributed by atoms with Crippen molar-refractivity contribution in [3.05, 3.63) is 112 Å². The van der Waals surface area contributed by atoms with Gasteiger partial charge in [-0.2, -0.15) is 0 Å². The smallest absolute Gasteiger partial charge is 0.311 e. The molecule has 0 unspecified atom stereocenters. The van der Waals surface area contributed by atoms with Gasteiger partial charge in [-0.15, -0.1) is 11.8 Å². The summed E-state index contributed by atoms with van der Waals surface area (Å²) in [6, 6.07) is 16.6. The Kier molecular flexibility index (Phi) is 7.89. The molecule has 0 aliphatic heterocycles. The first-order valence-electron chi connectivity index (χ1n) is 9.21. The predicted octanol–water partition coefficient (Wildman–Crippen LogP) is 7.14. The summed E-state index contributed by atoms with van der Waals surface area (Å²) in [6.45, 7) is 0. The lowest BCUT2D eigenvalue weighted by atomic mass is 10.1. The van der Waals surface area contributed by atoms with Gasteiger partial charge in [-0.05, 0) is 51.9 Å². The minimum absolute atomic E-state index is 0.0463. The van der Waals surface area contributed by atoms with Gasteiger partial charge in [0.2, 0.25) is 0 Å². The van der Waals surface area contributed by atoms with E-state index in [9.17, 15) is 25.3 Å². The van der Waals surface area contributed by atoms with Gasteiger partial charge in [-0.3, -0.25) is 20.2 Å². The maximum Gasteiger partial charge on any atom is 0.311 e. The molecule has 0 aliphatic carbocycles. The summed E-state index contributed by atoms with van der Waals surface area (Å²) in [5.74, 6) is 0.248. The van der Waals surface area contributed by atoms with E-state index in [1.165, 1.54) is 18.2 Å². The van der Waals surface area contributed by atoms with E-state index in [0.29, 0.717) is 17.7 Å². The minimum Gasteiger partial charge on any atom is -0.502 e. The third kappa shape index (κ3) is 6.32. The SMILES string of the molecule is O=[N+]([O-])c1cc(/C=C(\Cc2ccc([N+](=O)[O-])c(Cl)c2)SCc2ccc(Br)cc2)ccc1O. The number of thioether (sulfide) groups is 1. The molecular formula is C22H16BrClN2O5S. The molecule has 0 amide bonds. The maximum atomic E-state index is 11.2. The lowest BCUT2D eigenvalue weighted by molar-refractivity contribution is -0.385. The third-order valence-corrected chi connectivity index (χ3v) is 6.39. The number of phenols is 1. The Hall–Kier alpha value is -2.88. The maximum absolute atomic E-state index is 11.2. The molecule has 0 heterocycles. The van der Waals surface area contributed by atoms with Crippen LogP contribution in [0.15, 0.2) is 70.0 Å². The Balaban J connectivity index is 1.91. The van der Waals surface area contributed by atoms with Crippen LogP contribution < -0.4 is 0 Å². The van der Waals surface area contributed by atoms with Crippen molar-refractivity contribution in [2.75, 3.05) is 0 Å². The van der Waals surface area contributed by atoms with Crippen LogP contribution in [0.1, 0.15) is 16.7 Å². The van der Waals surface area contributed by atoms with Gasteiger partial charge < -0.3 is 5.11 Å². The highest BCUT2D eigenvalue weighted by Crippen LogP contribution is 2.33. The van der Waals surface area contributed by atoms with Crippen molar-refractivity contribution in [1.82, 2.24) is 0 Å². The topological polar surface area (TPSA) is 107 Å². The average molecular weight is 536 g/mol. The summed E-state index contributed by atoms with van der Waals surface area (Å²) in [4.78, 5) is 21.9. The Morgan fingerprint density at radius 2 is 1.62 bits per heavy atom. The fourth-order valence-electron chi connectivity index (χ4n) is 2.87. The zero-order valence-electron chi connectivity index (χ0n) is 16.4. The largest absolute Gasteiger partial charge is 0.502 e. The van der Waals surface area contributed by atoms with Gasteiger partial charge in [0, 0.05) is 28.8 Å². The van der Waals surface area contributed by atoms with Crippen molar-refractivity contribution in [1.29, 1.82) is 0 Å². The van der Waals surface area contributed by atoms with Crippen LogP contribution in [-0.2, 0) is 12.2 Å². The van der Waals surface area contributed by atoms with E-state index in [-0.39, 0.29) is 16.4 Å². The molecule has 1 N–H and O–H groups in total. The number of benzene rings is 3. The van der Waals surface area contributed by atoms with Gasteiger partial charge in [0.05, 0.1) is 9.85 Å². The predicted molar refractivity (Wildman–Crippen MR) is 130 cm³/mol. The second-order valence-electron chi connectivity index (χ2n) is 6.75. The normalized spacial score (nSPS) is 11.4. The second-order valence-corrected chi connectivity index (χ2v) is 9.18. The van der Waals surface area contributed by atoms with Gasteiger partial charge in [-0.25, -0.2) is 0 Å². The van der Waals surface area contributed by atoms with Crippen molar-refractivity contribution < 1.29 is 15.0 Å². The molecule has 0 atom stereocenters. The zero-order valence-corrected chi connectivity index (χ0v) is 19.6. The molecule has 3 aromatic carbocycles. The number of rotatable bonds is 8. The lowest BCUT2D eigenvalue weighted by Crippen LogP contribution is -1.94. The fraction of sp³-hybridized carbons (Fsp3) is 0.0909. The van der Waals surface area contributed by atoms with E-state index in [4.69, 9.17) is 11.6 Å². The summed E-state index contributed by atoms with van der Waals surface area (Å²) < 4.78 is 0.971. The Morgan fingerprint density at radius 3 is 2.25 bits per heavy atom. The minimum atomic E-state index is -0.641. The van der Waals surface area contributed by atoms with E-state index in [0.717, 1.165) is 20.5 Å². The molecule has 3 rings (SSSR count). The van der Waals surface area contributed by atoms with Gasteiger partial charge in [0.15, 0.2) is 5.75 Å².